The van der Waals surface area contributed by atoms with Gasteiger partial charge in [-0.15, -0.1) is 0 Å². The molecule has 7 nitrogen and oxygen atoms in total. The molecule has 0 aliphatic carbocycles. The molecule has 0 aliphatic heterocycles. The highest BCUT2D eigenvalue weighted by Crippen LogP contribution is 2.19. The molecule has 7 heteroatoms. The van der Waals surface area contributed by atoms with Gasteiger partial charge in [0.05, 0.1) is 7.11 Å². The van der Waals surface area contributed by atoms with Gasteiger partial charge in [0.15, 0.2) is 5.69 Å². The third kappa shape index (κ3) is 3.28. The average molecular weight is 241 g/mol. The lowest BCUT2D eigenvalue weighted by molar-refractivity contribution is -0.137. The van der Waals surface area contributed by atoms with Gasteiger partial charge in [0.25, 0.3) is 0 Å². The molecule has 0 amide bonds. The predicted molar refractivity (Wildman–Crippen MR) is 58.3 cm³/mol. The van der Waals surface area contributed by atoms with E-state index in [4.69, 9.17) is 10.8 Å². The van der Waals surface area contributed by atoms with Gasteiger partial charge < -0.3 is 15.6 Å². The van der Waals surface area contributed by atoms with Crippen molar-refractivity contribution in [3.05, 3.63) is 17.5 Å². The summed E-state index contributed by atoms with van der Waals surface area (Å²) in [5.41, 5.74) is 6.46. The van der Waals surface area contributed by atoms with Crippen molar-refractivity contribution in [2.45, 2.75) is 18.9 Å². The number of aliphatic carboxylic acids is 1. The Morgan fingerprint density at radius 1 is 1.65 bits per heavy atom. The number of hydrogen-bond acceptors (Lipinski definition) is 5. The normalized spacial score (nSPS) is 12.2. The standard InChI is InChI=1S/C10H15N3O4/c1-13-5-6(7(11)3-4-8(14)15)9(12-13)10(16)17-2/h5,7H,3-4,11H2,1-2H3,(H,14,15). The number of carbonyl (C=O) groups is 2. The number of hydrogen-bond donors (Lipinski definition) is 2. The van der Waals surface area contributed by atoms with Gasteiger partial charge in [-0.1, -0.05) is 0 Å². The van der Waals surface area contributed by atoms with E-state index in [-0.39, 0.29) is 18.5 Å². The minimum absolute atomic E-state index is 0.0589. The van der Waals surface area contributed by atoms with Crippen molar-refractivity contribution in [1.82, 2.24) is 9.78 Å². The summed E-state index contributed by atoms with van der Waals surface area (Å²) in [6.45, 7) is 0. The third-order valence-electron chi connectivity index (χ3n) is 2.30. The molecule has 0 bridgehead atoms. The van der Waals surface area contributed by atoms with Crippen LogP contribution in [0.25, 0.3) is 0 Å². The van der Waals surface area contributed by atoms with Crippen molar-refractivity contribution in [3.8, 4) is 0 Å². The van der Waals surface area contributed by atoms with Crippen LogP contribution >= 0.6 is 0 Å². The molecule has 1 aromatic rings. The first-order valence-corrected chi connectivity index (χ1v) is 5.05. The number of nitrogens with two attached hydrogens (primary N) is 1. The molecular weight excluding hydrogens is 226 g/mol. The number of methoxy groups -OCH3 is 1. The molecule has 0 saturated carbocycles. The lowest BCUT2D eigenvalue weighted by Gasteiger charge is -2.09. The lowest BCUT2D eigenvalue weighted by Crippen LogP contribution is -2.16. The Morgan fingerprint density at radius 2 is 2.29 bits per heavy atom. The molecule has 0 aromatic carbocycles. The monoisotopic (exact) mass is 241 g/mol. The Labute approximate surface area is 98.2 Å². The van der Waals surface area contributed by atoms with Gasteiger partial charge in [0.1, 0.15) is 0 Å². The van der Waals surface area contributed by atoms with Crippen molar-refractivity contribution in [3.63, 3.8) is 0 Å². The Morgan fingerprint density at radius 3 is 2.82 bits per heavy atom. The second-order valence-electron chi connectivity index (χ2n) is 3.64. The second kappa shape index (κ2) is 5.44. The topological polar surface area (TPSA) is 107 Å². The smallest absolute Gasteiger partial charge is 0.358 e. The van der Waals surface area contributed by atoms with Crippen molar-refractivity contribution < 1.29 is 19.4 Å². The van der Waals surface area contributed by atoms with E-state index in [0.29, 0.717) is 5.56 Å². The Balaban J connectivity index is 2.88. The number of nitrogens with zero attached hydrogens (tertiary/aromatic N) is 2. The number of carboxylic acid groups (broad SMARTS) is 1. The van der Waals surface area contributed by atoms with E-state index in [1.54, 1.807) is 13.2 Å². The highest BCUT2D eigenvalue weighted by Gasteiger charge is 2.21. The quantitative estimate of drug-likeness (QED) is 0.706. The van der Waals surface area contributed by atoms with Crippen LogP contribution in [0, 0.1) is 0 Å². The first-order chi connectivity index (χ1) is 7.95. The SMILES string of the molecule is COC(=O)c1nn(C)cc1C(N)CCC(=O)O. The van der Waals surface area contributed by atoms with Gasteiger partial charge in [-0.3, -0.25) is 9.48 Å². The molecule has 0 saturated heterocycles. The van der Waals surface area contributed by atoms with Gasteiger partial charge in [0, 0.05) is 31.3 Å². The van der Waals surface area contributed by atoms with E-state index in [1.807, 2.05) is 0 Å². The summed E-state index contributed by atoms with van der Waals surface area (Å²) in [7, 11) is 2.91. The number of rotatable bonds is 5. The average Bonchev–Trinajstić information content (AvgIpc) is 2.67. The fourth-order valence-corrected chi connectivity index (χ4v) is 1.47. The zero-order valence-corrected chi connectivity index (χ0v) is 9.71. The molecule has 3 N–H and O–H groups in total. The van der Waals surface area contributed by atoms with Gasteiger partial charge in [0.2, 0.25) is 0 Å². The second-order valence-corrected chi connectivity index (χ2v) is 3.64. The predicted octanol–water partition coefficient (Wildman–Crippen LogP) is 0.0713. The lowest BCUT2D eigenvalue weighted by atomic mass is 10.0. The third-order valence-corrected chi connectivity index (χ3v) is 2.30. The van der Waals surface area contributed by atoms with Crippen LogP contribution in [-0.2, 0) is 16.6 Å². The molecule has 0 aliphatic rings. The number of carboxylic acids is 1. The van der Waals surface area contributed by atoms with Crippen LogP contribution < -0.4 is 5.73 Å². The van der Waals surface area contributed by atoms with Crippen LogP contribution in [0.15, 0.2) is 6.20 Å². The van der Waals surface area contributed by atoms with Crippen LogP contribution in [0.2, 0.25) is 0 Å². The van der Waals surface area contributed by atoms with Crippen LogP contribution in [0.5, 0.6) is 0 Å². The van der Waals surface area contributed by atoms with Gasteiger partial charge in [-0.05, 0) is 6.42 Å². The maximum Gasteiger partial charge on any atom is 0.358 e. The number of aryl methyl sites for hydroxylation is 1. The summed E-state index contributed by atoms with van der Waals surface area (Å²) in [5, 5.41) is 12.5. The summed E-state index contributed by atoms with van der Waals surface area (Å²) < 4.78 is 6.03. The van der Waals surface area contributed by atoms with Gasteiger partial charge in [-0.25, -0.2) is 4.79 Å². The van der Waals surface area contributed by atoms with Crippen LogP contribution in [-0.4, -0.2) is 33.9 Å². The van der Waals surface area contributed by atoms with E-state index in [0.717, 1.165) is 0 Å². The van der Waals surface area contributed by atoms with E-state index in [1.165, 1.54) is 11.8 Å². The summed E-state index contributed by atoms with van der Waals surface area (Å²) in [5.74, 6) is -1.50. The Hall–Kier alpha value is -1.89. The zero-order valence-electron chi connectivity index (χ0n) is 9.71. The molecule has 1 heterocycles. The molecule has 0 radical (unpaired) electrons. The number of carbonyl (C=O) groups excluding carboxylic acids is 1. The molecule has 0 spiro atoms. The van der Waals surface area contributed by atoms with Crippen LogP contribution in [0.3, 0.4) is 0 Å². The number of aromatic nitrogens is 2. The first-order valence-electron chi connectivity index (χ1n) is 5.05. The minimum Gasteiger partial charge on any atom is -0.481 e. The van der Waals surface area contributed by atoms with Crippen LogP contribution in [0.1, 0.15) is 34.9 Å². The van der Waals surface area contributed by atoms with E-state index < -0.39 is 18.0 Å². The van der Waals surface area contributed by atoms with Crippen molar-refractivity contribution in [2.75, 3.05) is 7.11 Å². The van der Waals surface area contributed by atoms with E-state index in [2.05, 4.69) is 9.84 Å². The first kappa shape index (κ1) is 13.2. The molecule has 1 rings (SSSR count). The largest absolute Gasteiger partial charge is 0.481 e. The summed E-state index contributed by atoms with van der Waals surface area (Å²) >= 11 is 0. The molecule has 1 unspecified atom stereocenters. The molecule has 17 heavy (non-hydrogen) atoms. The van der Waals surface area contributed by atoms with Crippen molar-refractivity contribution in [1.29, 1.82) is 0 Å². The number of ether oxygens (including phenoxy) is 1. The van der Waals surface area contributed by atoms with E-state index >= 15 is 0 Å². The highest BCUT2D eigenvalue weighted by molar-refractivity contribution is 5.88. The van der Waals surface area contributed by atoms with Gasteiger partial charge in [-0.2, -0.15) is 5.10 Å². The minimum atomic E-state index is -0.927. The summed E-state index contributed by atoms with van der Waals surface area (Å²) in [6, 6.07) is -0.547. The Kier molecular flexibility index (Phi) is 4.22. The fraction of sp³-hybridized carbons (Fsp3) is 0.500. The maximum absolute atomic E-state index is 11.4. The molecule has 1 aromatic heterocycles. The maximum atomic E-state index is 11.4. The zero-order chi connectivity index (χ0) is 13.0. The fourth-order valence-electron chi connectivity index (χ4n) is 1.47. The molecule has 1 atom stereocenters. The molecular formula is C10H15N3O4. The molecule has 0 fully saturated rings. The highest BCUT2D eigenvalue weighted by atomic mass is 16.5. The summed E-state index contributed by atoms with van der Waals surface area (Å²) in [4.78, 5) is 21.9. The summed E-state index contributed by atoms with van der Waals surface area (Å²) in [6.07, 6.45) is 1.78. The van der Waals surface area contributed by atoms with Gasteiger partial charge >= 0.3 is 11.9 Å². The van der Waals surface area contributed by atoms with Crippen LogP contribution in [0.4, 0.5) is 0 Å². The molecule has 94 valence electrons. The van der Waals surface area contributed by atoms with Crippen molar-refractivity contribution >= 4 is 11.9 Å². The Bertz CT molecular complexity index is 427. The van der Waals surface area contributed by atoms with Crippen molar-refractivity contribution in [2.24, 2.45) is 12.8 Å². The number of esters is 1. The van der Waals surface area contributed by atoms with E-state index in [9.17, 15) is 9.59 Å².